The van der Waals surface area contributed by atoms with Gasteiger partial charge in [-0.3, -0.25) is 29.3 Å². The van der Waals surface area contributed by atoms with Crippen molar-refractivity contribution in [1.29, 1.82) is 0 Å². The zero-order valence-electron chi connectivity index (χ0n) is 33.3. The Morgan fingerprint density at radius 3 is 2.57 bits per heavy atom. The van der Waals surface area contributed by atoms with E-state index < -0.39 is 29.7 Å². The van der Waals surface area contributed by atoms with Gasteiger partial charge in [0, 0.05) is 55.9 Å². The van der Waals surface area contributed by atoms with Crippen LogP contribution in [0.4, 0.5) is 30.4 Å². The molecule has 0 saturated carbocycles. The second kappa shape index (κ2) is 17.0. The molecule has 316 valence electrons. The van der Waals surface area contributed by atoms with Gasteiger partial charge in [-0.15, -0.1) is 0 Å². The van der Waals surface area contributed by atoms with Crippen molar-refractivity contribution < 1.29 is 46.6 Å². The average Bonchev–Trinajstić information content (AvgIpc) is 3.80. The molecule has 4 aromatic rings. The van der Waals surface area contributed by atoms with Gasteiger partial charge in [-0.1, -0.05) is 12.1 Å². The maximum absolute atomic E-state index is 13.5. The summed E-state index contributed by atoms with van der Waals surface area (Å²) in [6.45, 7) is 4.40. The van der Waals surface area contributed by atoms with E-state index in [9.17, 15) is 37.1 Å². The lowest BCUT2D eigenvalue weighted by atomic mass is 10.0. The van der Waals surface area contributed by atoms with Crippen molar-refractivity contribution in [3.63, 3.8) is 0 Å². The molecule has 3 aliphatic rings. The number of carbonyl (C=O) groups is 5. The molecule has 0 bridgehead atoms. The number of rotatable bonds is 13. The first-order valence-corrected chi connectivity index (χ1v) is 19.7. The minimum absolute atomic E-state index is 0.0147. The zero-order chi connectivity index (χ0) is 42.9. The Morgan fingerprint density at radius 1 is 1.03 bits per heavy atom. The molecule has 3 atom stereocenters. The molecule has 5 N–H and O–H groups in total. The molecule has 18 heteroatoms. The van der Waals surface area contributed by atoms with E-state index in [0.29, 0.717) is 88.8 Å². The number of likely N-dealkylation sites (tertiary alicyclic amines) is 1. The number of nitrogens with two attached hydrogens (primary N) is 1. The second-order valence-corrected chi connectivity index (χ2v) is 15.3. The van der Waals surface area contributed by atoms with Crippen molar-refractivity contribution in [3.05, 3.63) is 76.6 Å². The molecule has 1 unspecified atom stereocenters. The highest BCUT2D eigenvalue weighted by Gasteiger charge is 2.40. The minimum atomic E-state index is -4.56. The Kier molecular flexibility index (Phi) is 11.8. The van der Waals surface area contributed by atoms with Crippen molar-refractivity contribution in [2.24, 2.45) is 0 Å². The van der Waals surface area contributed by atoms with Gasteiger partial charge in [0.05, 0.1) is 42.0 Å². The van der Waals surface area contributed by atoms with Crippen LogP contribution in [-0.2, 0) is 31.9 Å². The highest BCUT2D eigenvalue weighted by atomic mass is 19.4. The number of imide groups is 1. The Bertz CT molecular complexity index is 2370. The number of piperidine rings is 1. The van der Waals surface area contributed by atoms with Crippen LogP contribution in [0.3, 0.4) is 0 Å². The molecule has 3 aliphatic heterocycles. The molecule has 2 saturated heterocycles. The van der Waals surface area contributed by atoms with Gasteiger partial charge in [-0.25, -0.2) is 9.97 Å². The lowest BCUT2D eigenvalue weighted by Gasteiger charge is -2.29. The number of ether oxygens (including phenoxy) is 2. The van der Waals surface area contributed by atoms with Crippen LogP contribution in [0.5, 0.6) is 11.5 Å². The van der Waals surface area contributed by atoms with Crippen molar-refractivity contribution >= 4 is 57.6 Å². The first-order valence-electron chi connectivity index (χ1n) is 19.7. The van der Waals surface area contributed by atoms with Crippen LogP contribution in [0.15, 0.2) is 48.5 Å². The smallest absolute Gasteiger partial charge is 0.416 e. The largest absolute Gasteiger partial charge is 0.493 e. The molecule has 0 radical (unpaired) electrons. The van der Waals surface area contributed by atoms with Crippen LogP contribution in [0.1, 0.15) is 90.8 Å². The number of aryl methyl sites for hydroxylation is 1. The zero-order valence-corrected chi connectivity index (χ0v) is 33.3. The number of alkyl halides is 3. The summed E-state index contributed by atoms with van der Waals surface area (Å²) in [7, 11) is 1.50. The first-order chi connectivity index (χ1) is 28.6. The molecule has 5 amide bonds. The van der Waals surface area contributed by atoms with E-state index in [1.807, 2.05) is 0 Å². The number of fused-ring (bicyclic) bond motifs is 2. The fourth-order valence-corrected chi connectivity index (χ4v) is 7.87. The number of amides is 5. The van der Waals surface area contributed by atoms with E-state index in [1.54, 1.807) is 49.1 Å². The third-order valence-electron chi connectivity index (χ3n) is 10.9. The van der Waals surface area contributed by atoms with E-state index in [1.165, 1.54) is 18.1 Å². The Balaban J connectivity index is 0.922. The van der Waals surface area contributed by atoms with Gasteiger partial charge in [-0.05, 0) is 74.6 Å². The summed E-state index contributed by atoms with van der Waals surface area (Å²) < 4.78 is 52.6. The Hall–Kier alpha value is -6.46. The summed E-state index contributed by atoms with van der Waals surface area (Å²) in [4.78, 5) is 75.8. The third kappa shape index (κ3) is 9.06. The van der Waals surface area contributed by atoms with Gasteiger partial charge in [-0.2, -0.15) is 13.2 Å². The second-order valence-electron chi connectivity index (χ2n) is 15.3. The fourth-order valence-electron chi connectivity index (χ4n) is 7.87. The third-order valence-corrected chi connectivity index (χ3v) is 10.9. The predicted octanol–water partition coefficient (Wildman–Crippen LogP) is 5.66. The molecule has 4 heterocycles. The number of hydrogen-bond acceptors (Lipinski definition) is 11. The normalized spacial score (nSPS) is 18.3. The number of benzene rings is 3. The average molecular weight is 831 g/mol. The van der Waals surface area contributed by atoms with E-state index in [-0.39, 0.29) is 67.6 Å². The van der Waals surface area contributed by atoms with Gasteiger partial charge in [0.1, 0.15) is 23.8 Å². The number of methoxy groups -OCH3 is 1. The topological polar surface area (TPSA) is 198 Å². The number of halogens is 3. The summed E-state index contributed by atoms with van der Waals surface area (Å²) in [6.07, 6.45) is -2.75. The summed E-state index contributed by atoms with van der Waals surface area (Å²) in [5.41, 5.74) is 7.17. The molecule has 3 aromatic carbocycles. The lowest BCUT2D eigenvalue weighted by molar-refractivity contribution is -0.138. The van der Waals surface area contributed by atoms with Gasteiger partial charge in [0.2, 0.25) is 23.6 Å². The van der Waals surface area contributed by atoms with Crippen molar-refractivity contribution in [1.82, 2.24) is 25.1 Å². The van der Waals surface area contributed by atoms with Gasteiger partial charge in [0.15, 0.2) is 11.5 Å². The molecule has 1 aromatic heterocycles. The molecule has 2 fully saturated rings. The minimum Gasteiger partial charge on any atom is -0.493 e. The fraction of sp³-hybridized carbons (Fsp3) is 0.405. The lowest BCUT2D eigenvalue weighted by Crippen LogP contribution is -2.52. The molecule has 0 spiro atoms. The van der Waals surface area contributed by atoms with Gasteiger partial charge in [0.25, 0.3) is 5.91 Å². The Labute approximate surface area is 343 Å². The van der Waals surface area contributed by atoms with Crippen LogP contribution in [0, 0.1) is 6.92 Å². The van der Waals surface area contributed by atoms with E-state index in [0.717, 1.165) is 12.1 Å². The number of hydrogen-bond donors (Lipinski definition) is 4. The van der Waals surface area contributed by atoms with Crippen LogP contribution >= 0.6 is 0 Å². The predicted molar refractivity (Wildman–Crippen MR) is 214 cm³/mol. The molecule has 60 heavy (non-hydrogen) atoms. The van der Waals surface area contributed by atoms with E-state index >= 15 is 0 Å². The number of nitrogens with one attached hydrogen (secondary N) is 3. The van der Waals surface area contributed by atoms with Crippen LogP contribution in [-0.4, -0.2) is 81.6 Å². The van der Waals surface area contributed by atoms with Crippen molar-refractivity contribution in [2.75, 3.05) is 36.6 Å². The summed E-state index contributed by atoms with van der Waals surface area (Å²) in [5, 5.41) is 8.87. The highest BCUT2D eigenvalue weighted by molar-refractivity contribution is 6.09. The number of aromatic nitrogens is 2. The van der Waals surface area contributed by atoms with E-state index in [4.69, 9.17) is 15.2 Å². The van der Waals surface area contributed by atoms with Crippen LogP contribution in [0.25, 0.3) is 10.9 Å². The van der Waals surface area contributed by atoms with Crippen molar-refractivity contribution in [2.45, 2.75) is 89.7 Å². The number of anilines is 3. The molecular formula is C42H45F3N8O7. The molecular weight excluding hydrogens is 786 g/mol. The van der Waals surface area contributed by atoms with E-state index in [2.05, 4.69) is 25.9 Å². The summed E-state index contributed by atoms with van der Waals surface area (Å²) in [5.74, 6) is -0.0503. The number of carbonyl (C=O) groups excluding carboxylic acids is 5. The summed E-state index contributed by atoms with van der Waals surface area (Å²) >= 11 is 0. The van der Waals surface area contributed by atoms with Gasteiger partial charge >= 0.3 is 6.18 Å². The summed E-state index contributed by atoms with van der Waals surface area (Å²) in [6, 6.07) is 10.6. The monoisotopic (exact) mass is 830 g/mol. The number of unbranched alkanes of at least 4 members (excludes halogenated alkanes) is 1. The van der Waals surface area contributed by atoms with Gasteiger partial charge < -0.3 is 35.6 Å². The highest BCUT2D eigenvalue weighted by Crippen LogP contribution is 2.38. The standard InChI is InChI=1S/C42H45F3N8O7/c1-22(25-15-26(42(43,44)45)17-27(46)16-25)47-39-29-18-34(33(59-3)19-31(29)48-23(2)49-39)60-28-13-14-52(21-28)37(56)10-5-4-9-35(54)50-30-8-6-7-24-20-53(41(58)38(24)30)32-11-12-36(55)51-40(32)57/h6-8,15-19,22,28,32H,4-5,9-14,20-21,46H2,1-3H3,(H,50,54)(H,47,48,49)(H,51,55,57)/t22-,28+,32?/m1/s1. The quantitative estimate of drug-likeness (QED) is 0.0737. The number of nitrogen functional groups attached to an aromatic ring is 1. The number of nitrogens with zero attached hydrogens (tertiary/aromatic N) is 4. The van der Waals surface area contributed by atoms with Crippen LogP contribution in [0.2, 0.25) is 0 Å². The Morgan fingerprint density at radius 2 is 1.82 bits per heavy atom. The molecule has 0 aliphatic carbocycles. The van der Waals surface area contributed by atoms with Crippen LogP contribution < -0.4 is 31.2 Å². The maximum Gasteiger partial charge on any atom is 0.416 e. The maximum atomic E-state index is 13.5. The SMILES string of the molecule is COc1cc2nc(C)nc(N[C@H](C)c3cc(N)cc(C(F)(F)F)c3)c2cc1O[C@H]1CCN(C(=O)CCCCC(=O)Nc2cccc3c2C(=O)N(C2CCC(=O)NC2=O)C3)C1. The van der Waals surface area contributed by atoms with Crippen molar-refractivity contribution in [3.8, 4) is 11.5 Å². The first kappa shape index (κ1) is 41.7. The molecule has 7 rings (SSSR count). The molecule has 15 nitrogen and oxygen atoms in total.